The van der Waals surface area contributed by atoms with Gasteiger partial charge in [0.15, 0.2) is 0 Å². The first-order valence-corrected chi connectivity index (χ1v) is 6.74. The van der Waals surface area contributed by atoms with Crippen LogP contribution in [0.15, 0.2) is 22.7 Å². The molecule has 0 aliphatic rings. The second-order valence-electron chi connectivity index (χ2n) is 5.58. The van der Waals surface area contributed by atoms with Gasteiger partial charge in [-0.05, 0) is 55.3 Å². The fraction of sp³-hybridized carbons (Fsp3) is 0.538. The largest absolute Gasteiger partial charge is 0.389 e. The summed E-state index contributed by atoms with van der Waals surface area (Å²) < 4.78 is 0.461. The Bertz CT molecular complexity index is 481. The van der Waals surface area contributed by atoms with Crippen molar-refractivity contribution in [3.05, 3.63) is 38.3 Å². The molecule has 0 fully saturated rings. The number of nitrogens with zero attached hydrogens (tertiary/aromatic N) is 1. The Morgan fingerprint density at radius 3 is 2.42 bits per heavy atom. The Morgan fingerprint density at radius 2 is 1.95 bits per heavy atom. The van der Waals surface area contributed by atoms with Gasteiger partial charge in [0.1, 0.15) is 0 Å². The lowest BCUT2D eigenvalue weighted by molar-refractivity contribution is -0.385. The Morgan fingerprint density at radius 1 is 1.37 bits per heavy atom. The molecular weight excluding hydrogens is 312 g/mol. The molecule has 0 aliphatic heterocycles. The summed E-state index contributed by atoms with van der Waals surface area (Å²) in [6.45, 7) is 7.68. The molecule has 1 aromatic rings. The van der Waals surface area contributed by atoms with Crippen molar-refractivity contribution in [2.45, 2.75) is 45.4 Å². The molecule has 0 saturated carbocycles. The fourth-order valence-electron chi connectivity index (χ4n) is 1.35. The molecule has 0 unspecified atom stereocenters. The second-order valence-corrected chi connectivity index (χ2v) is 6.43. The van der Waals surface area contributed by atoms with E-state index in [-0.39, 0.29) is 5.69 Å². The van der Waals surface area contributed by atoms with E-state index >= 15 is 0 Å². The van der Waals surface area contributed by atoms with E-state index in [2.05, 4.69) is 21.2 Å². The van der Waals surface area contributed by atoms with Crippen LogP contribution in [0.5, 0.6) is 0 Å². The van der Waals surface area contributed by atoms with Gasteiger partial charge in [0.2, 0.25) is 0 Å². The molecule has 0 amide bonds. The van der Waals surface area contributed by atoms with Crippen LogP contribution in [0.25, 0.3) is 0 Å². The van der Waals surface area contributed by atoms with Gasteiger partial charge in [-0.1, -0.05) is 6.07 Å². The highest BCUT2D eigenvalue weighted by Crippen LogP contribution is 2.26. The molecule has 0 atom stereocenters. The minimum atomic E-state index is -0.895. The van der Waals surface area contributed by atoms with Gasteiger partial charge in [-0.3, -0.25) is 10.1 Å². The summed E-state index contributed by atoms with van der Waals surface area (Å²) >= 11 is 3.15. The molecule has 19 heavy (non-hydrogen) atoms. The normalized spacial score (nSPS) is 12.5. The molecule has 0 heterocycles. The summed E-state index contributed by atoms with van der Waals surface area (Å²) in [6, 6.07) is 4.99. The molecule has 0 aliphatic carbocycles. The Balaban J connectivity index is 2.85. The van der Waals surface area contributed by atoms with Gasteiger partial charge >= 0.3 is 0 Å². The molecule has 5 nitrogen and oxygen atoms in total. The van der Waals surface area contributed by atoms with Crippen LogP contribution in [-0.2, 0) is 6.54 Å². The topological polar surface area (TPSA) is 75.4 Å². The van der Waals surface area contributed by atoms with E-state index in [4.69, 9.17) is 0 Å². The predicted molar refractivity (Wildman–Crippen MR) is 78.0 cm³/mol. The lowest BCUT2D eigenvalue weighted by Crippen LogP contribution is -2.55. The lowest BCUT2D eigenvalue weighted by atomic mass is 9.86. The highest BCUT2D eigenvalue weighted by molar-refractivity contribution is 9.10. The summed E-state index contributed by atoms with van der Waals surface area (Å²) in [5, 5.41) is 24.1. The third kappa shape index (κ3) is 3.99. The number of benzene rings is 1. The zero-order valence-corrected chi connectivity index (χ0v) is 13.1. The van der Waals surface area contributed by atoms with E-state index in [1.165, 1.54) is 6.07 Å². The van der Waals surface area contributed by atoms with E-state index in [1.807, 2.05) is 19.9 Å². The molecule has 106 valence electrons. The SMILES string of the molecule is CC(C)(O)C(C)(C)NCc1ccc(Br)c([N+](=O)[O-])c1. The van der Waals surface area contributed by atoms with Gasteiger partial charge in [0.05, 0.1) is 15.0 Å². The number of aliphatic hydroxyl groups is 1. The first-order chi connectivity index (χ1) is 8.54. The summed E-state index contributed by atoms with van der Waals surface area (Å²) in [5.41, 5.74) is -0.559. The fourth-order valence-corrected chi connectivity index (χ4v) is 1.74. The quantitative estimate of drug-likeness (QED) is 0.642. The van der Waals surface area contributed by atoms with Crippen LogP contribution in [0.3, 0.4) is 0 Å². The molecule has 2 N–H and O–H groups in total. The Kier molecular flexibility index (Phi) is 4.71. The number of hydrogen-bond donors (Lipinski definition) is 2. The first-order valence-electron chi connectivity index (χ1n) is 5.95. The summed E-state index contributed by atoms with van der Waals surface area (Å²) in [4.78, 5) is 10.4. The molecular formula is C13H19BrN2O3. The smallest absolute Gasteiger partial charge is 0.283 e. The van der Waals surface area contributed by atoms with Crippen molar-refractivity contribution in [2.75, 3.05) is 0 Å². The van der Waals surface area contributed by atoms with Crippen LogP contribution in [0, 0.1) is 10.1 Å². The van der Waals surface area contributed by atoms with E-state index in [9.17, 15) is 15.2 Å². The van der Waals surface area contributed by atoms with Crippen molar-refractivity contribution in [1.82, 2.24) is 5.32 Å². The molecule has 1 aromatic carbocycles. The summed E-state index contributed by atoms with van der Waals surface area (Å²) in [6.07, 6.45) is 0. The number of nitro benzene ring substituents is 1. The number of halogens is 1. The van der Waals surface area contributed by atoms with Crippen LogP contribution in [0.4, 0.5) is 5.69 Å². The van der Waals surface area contributed by atoms with Crippen molar-refractivity contribution >= 4 is 21.6 Å². The van der Waals surface area contributed by atoms with Crippen LogP contribution in [0.1, 0.15) is 33.3 Å². The number of rotatable bonds is 5. The monoisotopic (exact) mass is 330 g/mol. The van der Waals surface area contributed by atoms with Crippen LogP contribution in [0.2, 0.25) is 0 Å². The van der Waals surface area contributed by atoms with Gasteiger partial charge in [0, 0.05) is 18.2 Å². The molecule has 0 aromatic heterocycles. The molecule has 0 radical (unpaired) electrons. The zero-order chi connectivity index (χ0) is 14.8. The molecule has 0 spiro atoms. The Labute approximate surface area is 121 Å². The highest BCUT2D eigenvalue weighted by atomic mass is 79.9. The summed E-state index contributed by atoms with van der Waals surface area (Å²) in [7, 11) is 0. The van der Waals surface area contributed by atoms with Gasteiger partial charge < -0.3 is 10.4 Å². The van der Waals surface area contributed by atoms with Crippen LogP contribution >= 0.6 is 15.9 Å². The molecule has 0 saturated heterocycles. The van der Waals surface area contributed by atoms with Crippen LogP contribution in [-0.4, -0.2) is 21.2 Å². The van der Waals surface area contributed by atoms with E-state index in [0.29, 0.717) is 11.0 Å². The minimum absolute atomic E-state index is 0.0420. The predicted octanol–water partition coefficient (Wildman–Crippen LogP) is 3.00. The number of nitro groups is 1. The maximum atomic E-state index is 10.8. The van der Waals surface area contributed by atoms with Crippen molar-refractivity contribution in [3.63, 3.8) is 0 Å². The first kappa shape index (κ1) is 16.1. The number of hydrogen-bond acceptors (Lipinski definition) is 4. The standard InChI is InChI=1S/C13H19BrN2O3/c1-12(2,13(3,4)17)15-8-9-5-6-10(14)11(7-9)16(18)19/h5-7,15,17H,8H2,1-4H3. The van der Waals surface area contributed by atoms with Crippen molar-refractivity contribution < 1.29 is 10.0 Å². The zero-order valence-electron chi connectivity index (χ0n) is 11.5. The minimum Gasteiger partial charge on any atom is -0.389 e. The van der Waals surface area contributed by atoms with Gasteiger partial charge in [-0.25, -0.2) is 0 Å². The molecule has 6 heteroatoms. The van der Waals surface area contributed by atoms with Crippen LogP contribution < -0.4 is 5.32 Å². The third-order valence-corrected chi connectivity index (χ3v) is 4.14. The van der Waals surface area contributed by atoms with E-state index in [0.717, 1.165) is 5.56 Å². The average molecular weight is 331 g/mol. The van der Waals surface area contributed by atoms with Gasteiger partial charge in [-0.15, -0.1) is 0 Å². The Hall–Kier alpha value is -0.980. The van der Waals surface area contributed by atoms with E-state index in [1.54, 1.807) is 19.9 Å². The third-order valence-electron chi connectivity index (χ3n) is 3.47. The average Bonchev–Trinajstić information content (AvgIpc) is 2.26. The van der Waals surface area contributed by atoms with Crippen molar-refractivity contribution in [2.24, 2.45) is 0 Å². The van der Waals surface area contributed by atoms with Crippen molar-refractivity contribution in [3.8, 4) is 0 Å². The maximum absolute atomic E-state index is 10.8. The second kappa shape index (κ2) is 5.56. The molecule has 0 bridgehead atoms. The van der Waals surface area contributed by atoms with Gasteiger partial charge in [-0.2, -0.15) is 0 Å². The maximum Gasteiger partial charge on any atom is 0.283 e. The van der Waals surface area contributed by atoms with E-state index < -0.39 is 16.1 Å². The number of nitrogens with one attached hydrogen (secondary N) is 1. The van der Waals surface area contributed by atoms with Gasteiger partial charge in [0.25, 0.3) is 5.69 Å². The highest BCUT2D eigenvalue weighted by Gasteiger charge is 2.34. The lowest BCUT2D eigenvalue weighted by Gasteiger charge is -2.38. The summed E-state index contributed by atoms with van der Waals surface area (Å²) in [5.74, 6) is 0. The van der Waals surface area contributed by atoms with Crippen molar-refractivity contribution in [1.29, 1.82) is 0 Å². The molecule has 1 rings (SSSR count).